The van der Waals surface area contributed by atoms with E-state index >= 15 is 0 Å². The Morgan fingerprint density at radius 1 is 1.03 bits per heavy atom. The molecule has 1 aliphatic carbocycles. The lowest BCUT2D eigenvalue weighted by molar-refractivity contribution is 0.405. The quantitative estimate of drug-likeness (QED) is 0.309. The molecule has 3 aromatic carbocycles. The number of aryl methyl sites for hydroxylation is 1. The minimum atomic E-state index is -3.45. The van der Waals surface area contributed by atoms with Crippen molar-refractivity contribution in [3.8, 4) is 5.75 Å². The van der Waals surface area contributed by atoms with Crippen LogP contribution in [-0.4, -0.2) is 32.6 Å². The summed E-state index contributed by atoms with van der Waals surface area (Å²) in [5, 5.41) is 6.99. The second kappa shape index (κ2) is 11.4. The van der Waals surface area contributed by atoms with Gasteiger partial charge in [-0.25, -0.2) is 12.7 Å². The number of hydrogen-bond donors (Lipinski definition) is 2. The summed E-state index contributed by atoms with van der Waals surface area (Å²) in [6.45, 7) is 4.56. The molecule has 6 nitrogen and oxygen atoms in total. The lowest BCUT2D eigenvalue weighted by Crippen LogP contribution is -2.24. The average molecular weight is 550 g/mol. The summed E-state index contributed by atoms with van der Waals surface area (Å²) in [4.78, 5) is 0.338. The molecule has 0 unspecified atom stereocenters. The molecule has 0 aromatic heterocycles. The Kier molecular flexibility index (Phi) is 8.02. The number of fused-ring (bicyclic) bond motifs is 1. The zero-order valence-corrected chi connectivity index (χ0v) is 23.8. The fourth-order valence-corrected chi connectivity index (χ4v) is 6.80. The van der Waals surface area contributed by atoms with Gasteiger partial charge in [0.25, 0.3) is 0 Å². The number of nitrogens with one attached hydrogen (secondary N) is 2. The number of para-hydroxylation sites is 1. The molecule has 0 amide bonds. The van der Waals surface area contributed by atoms with E-state index in [-0.39, 0.29) is 5.75 Å². The topological polar surface area (TPSA) is 70.7 Å². The van der Waals surface area contributed by atoms with E-state index in [9.17, 15) is 8.42 Å². The average Bonchev–Trinajstić information content (AvgIpc) is 3.76. The van der Waals surface area contributed by atoms with E-state index in [1.54, 1.807) is 31.2 Å². The Balaban J connectivity index is 1.25. The van der Waals surface area contributed by atoms with E-state index in [4.69, 9.17) is 4.74 Å². The highest BCUT2D eigenvalue weighted by Gasteiger charge is 2.21. The van der Waals surface area contributed by atoms with Gasteiger partial charge in [0.15, 0.2) is 9.84 Å². The minimum absolute atomic E-state index is 0.00149. The fourth-order valence-electron chi connectivity index (χ4n) is 4.92. The number of allylic oxidation sites excluding steroid dienone is 1. The summed E-state index contributed by atoms with van der Waals surface area (Å²) in [5.74, 6) is 1.88. The highest BCUT2D eigenvalue weighted by Crippen LogP contribution is 2.32. The third-order valence-electron chi connectivity index (χ3n) is 7.15. The fraction of sp³-hybridized carbons (Fsp3) is 0.333. The summed E-state index contributed by atoms with van der Waals surface area (Å²) < 4.78 is 34.3. The number of hydrogen-bond acceptors (Lipinski definition) is 7. The van der Waals surface area contributed by atoms with Gasteiger partial charge >= 0.3 is 0 Å². The molecule has 2 aliphatic rings. The van der Waals surface area contributed by atoms with Gasteiger partial charge in [0.2, 0.25) is 0 Å². The highest BCUT2D eigenvalue weighted by atomic mass is 32.2. The third kappa shape index (κ3) is 6.20. The van der Waals surface area contributed by atoms with E-state index in [1.165, 1.54) is 16.7 Å². The predicted molar refractivity (Wildman–Crippen MR) is 156 cm³/mol. The van der Waals surface area contributed by atoms with Gasteiger partial charge in [-0.1, -0.05) is 48.3 Å². The monoisotopic (exact) mass is 549 g/mol. The maximum atomic E-state index is 13.2. The minimum Gasteiger partial charge on any atom is -0.496 e. The zero-order valence-electron chi connectivity index (χ0n) is 22.2. The van der Waals surface area contributed by atoms with Crippen molar-refractivity contribution in [1.82, 2.24) is 9.62 Å². The summed E-state index contributed by atoms with van der Waals surface area (Å²) >= 11 is 1.74. The molecule has 1 heterocycles. The number of nitrogens with zero attached hydrogens (tertiary/aromatic N) is 1. The van der Waals surface area contributed by atoms with Gasteiger partial charge in [-0.3, -0.25) is 0 Å². The predicted octanol–water partition coefficient (Wildman–Crippen LogP) is 5.82. The van der Waals surface area contributed by atoms with Gasteiger partial charge < -0.3 is 15.4 Å². The van der Waals surface area contributed by atoms with Crippen LogP contribution in [0.3, 0.4) is 0 Å². The largest absolute Gasteiger partial charge is 0.496 e. The van der Waals surface area contributed by atoms with E-state index < -0.39 is 9.84 Å². The van der Waals surface area contributed by atoms with Gasteiger partial charge in [-0.2, -0.15) is 0 Å². The number of ether oxygens (including phenoxy) is 1. The van der Waals surface area contributed by atoms with Crippen LogP contribution in [0.15, 0.2) is 77.0 Å². The molecule has 200 valence electrons. The molecule has 5 rings (SSSR count). The van der Waals surface area contributed by atoms with Gasteiger partial charge in [-0.05, 0) is 84.5 Å². The van der Waals surface area contributed by atoms with Crippen LogP contribution >= 0.6 is 11.9 Å². The van der Waals surface area contributed by atoms with E-state index in [1.807, 2.05) is 37.3 Å². The van der Waals surface area contributed by atoms with Crippen LogP contribution < -0.4 is 15.4 Å². The number of sulfone groups is 1. The van der Waals surface area contributed by atoms with E-state index in [2.05, 4.69) is 39.4 Å². The second-order valence-electron chi connectivity index (χ2n) is 9.91. The molecule has 1 aliphatic heterocycles. The van der Waals surface area contributed by atoms with Crippen LogP contribution in [0, 0.1) is 6.92 Å². The van der Waals surface area contributed by atoms with Crippen molar-refractivity contribution in [2.24, 2.45) is 0 Å². The first-order valence-corrected chi connectivity index (χ1v) is 15.8. The second-order valence-corrected chi connectivity index (χ2v) is 12.8. The molecule has 0 radical (unpaired) electrons. The first-order chi connectivity index (χ1) is 18.4. The summed E-state index contributed by atoms with van der Waals surface area (Å²) in [5.41, 5.74) is 7.78. The van der Waals surface area contributed by atoms with Crippen molar-refractivity contribution in [2.75, 3.05) is 25.2 Å². The van der Waals surface area contributed by atoms with Crippen LogP contribution in [0.25, 0.3) is 0 Å². The van der Waals surface area contributed by atoms with Gasteiger partial charge in [0, 0.05) is 30.9 Å². The lowest BCUT2D eigenvalue weighted by atomic mass is 9.99. The van der Waals surface area contributed by atoms with Gasteiger partial charge in [0.1, 0.15) is 11.6 Å². The molecule has 3 aromatic rings. The Bertz CT molecular complexity index is 1440. The van der Waals surface area contributed by atoms with Crippen LogP contribution in [0.4, 0.5) is 5.69 Å². The van der Waals surface area contributed by atoms with Crippen molar-refractivity contribution in [3.05, 3.63) is 99.9 Å². The van der Waals surface area contributed by atoms with Crippen LogP contribution in [0.5, 0.6) is 5.75 Å². The van der Waals surface area contributed by atoms with E-state index in [0.29, 0.717) is 11.4 Å². The molecule has 38 heavy (non-hydrogen) atoms. The Hall–Kier alpha value is -2.94. The summed E-state index contributed by atoms with van der Waals surface area (Å²) in [6.07, 6.45) is 5.20. The number of anilines is 1. The molecular formula is C30H35N3O3S2. The van der Waals surface area contributed by atoms with Crippen molar-refractivity contribution in [3.63, 3.8) is 0 Å². The Morgan fingerprint density at radius 2 is 1.82 bits per heavy atom. The number of rotatable bonds is 10. The first-order valence-electron chi connectivity index (χ1n) is 12.9. The third-order valence-corrected chi connectivity index (χ3v) is 9.68. The maximum absolute atomic E-state index is 13.2. The van der Waals surface area contributed by atoms with Gasteiger partial charge in [-0.15, -0.1) is 0 Å². The molecular weight excluding hydrogens is 514 g/mol. The van der Waals surface area contributed by atoms with Crippen molar-refractivity contribution >= 4 is 27.5 Å². The molecule has 0 spiro atoms. The van der Waals surface area contributed by atoms with Crippen molar-refractivity contribution in [2.45, 2.75) is 49.9 Å². The zero-order chi connectivity index (χ0) is 26.7. The normalized spacial score (nSPS) is 15.1. The van der Waals surface area contributed by atoms with Gasteiger partial charge in [0.05, 0.1) is 17.8 Å². The maximum Gasteiger partial charge on any atom is 0.182 e. The Labute approximate surface area is 230 Å². The molecule has 0 bridgehead atoms. The molecule has 1 fully saturated rings. The number of methoxy groups -OCH3 is 1. The van der Waals surface area contributed by atoms with Crippen LogP contribution in [0.1, 0.15) is 40.7 Å². The van der Waals surface area contributed by atoms with E-state index in [0.717, 1.165) is 66.3 Å². The number of benzene rings is 3. The summed E-state index contributed by atoms with van der Waals surface area (Å²) in [7, 11) is -1.76. The molecule has 2 N–H and O–H groups in total. The van der Waals surface area contributed by atoms with Crippen LogP contribution in [-0.2, 0) is 35.1 Å². The Morgan fingerprint density at radius 3 is 2.53 bits per heavy atom. The first kappa shape index (κ1) is 26.7. The molecule has 1 saturated carbocycles. The smallest absolute Gasteiger partial charge is 0.182 e. The lowest BCUT2D eigenvalue weighted by Gasteiger charge is -2.26. The van der Waals surface area contributed by atoms with Crippen molar-refractivity contribution in [1.29, 1.82) is 0 Å². The molecule has 8 heteroatoms. The van der Waals surface area contributed by atoms with Crippen LogP contribution in [0.2, 0.25) is 0 Å². The highest BCUT2D eigenvalue weighted by molar-refractivity contribution is 7.96. The standard InChI is InChI=1S/C30H35N3O3S2/c1-21-5-4-6-25(29(21)36-2)18-31-30(24-9-10-24)32-27-11-13-28(14-12-27)38(34,35)20-22-7-8-23-15-16-33(37-3)19-26(23)17-22/h4-8,11-14,17,31-32H,9-10,15-16,18-20H2,1-3H3. The molecule has 0 saturated heterocycles. The van der Waals surface area contributed by atoms with Crippen molar-refractivity contribution < 1.29 is 13.2 Å². The SMILES string of the molecule is COc1c(C)cccc1CNC(Nc1ccc(S(=O)(=O)Cc2ccc3c(c2)CN(SC)CC3)cc1)=C1CC1. The summed E-state index contributed by atoms with van der Waals surface area (Å²) in [6, 6.07) is 19.3. The molecule has 0 atom stereocenters.